The van der Waals surface area contributed by atoms with Gasteiger partial charge in [0.15, 0.2) is 5.78 Å². The SMILES string of the molecule is N[C@@H]1COC[C@@H]1n1cc(C(=O)N2CCC3(CCc4ccccc4C3=O)CC2)cn1. The molecular weight excluding hydrogens is 368 g/mol. The fourth-order valence-corrected chi connectivity index (χ4v) is 4.99. The van der Waals surface area contributed by atoms with Gasteiger partial charge in [0.05, 0.1) is 37.1 Å². The summed E-state index contributed by atoms with van der Waals surface area (Å²) in [4.78, 5) is 28.0. The first kappa shape index (κ1) is 18.5. The van der Waals surface area contributed by atoms with Gasteiger partial charge in [0.2, 0.25) is 0 Å². The van der Waals surface area contributed by atoms with Crippen molar-refractivity contribution in [3.05, 3.63) is 53.3 Å². The standard InChI is InChI=1S/C22H26N4O3/c23-18-13-29-14-19(18)26-12-16(11-24-26)21(28)25-9-7-22(8-10-25)6-5-15-3-1-2-4-17(15)20(22)27/h1-4,11-12,18-19H,5-10,13-14,23H2/t18-,19+/m1/s1. The predicted molar refractivity (Wildman–Crippen MR) is 107 cm³/mol. The van der Waals surface area contributed by atoms with Crippen molar-refractivity contribution in [2.24, 2.45) is 11.1 Å². The molecular formula is C22H26N4O3. The minimum Gasteiger partial charge on any atom is -0.377 e. The first-order valence-corrected chi connectivity index (χ1v) is 10.4. The molecule has 0 bridgehead atoms. The van der Waals surface area contributed by atoms with Crippen molar-refractivity contribution < 1.29 is 14.3 Å². The summed E-state index contributed by atoms with van der Waals surface area (Å²) >= 11 is 0. The molecule has 2 atom stereocenters. The minimum atomic E-state index is -0.316. The molecule has 2 saturated heterocycles. The van der Waals surface area contributed by atoms with E-state index in [2.05, 4.69) is 11.2 Å². The molecule has 7 heteroatoms. The van der Waals surface area contributed by atoms with E-state index in [1.807, 2.05) is 23.1 Å². The van der Waals surface area contributed by atoms with Crippen LogP contribution >= 0.6 is 0 Å². The number of nitrogens with zero attached hydrogens (tertiary/aromatic N) is 3. The van der Waals surface area contributed by atoms with Crippen LogP contribution in [0.3, 0.4) is 0 Å². The lowest BCUT2D eigenvalue weighted by atomic mass is 9.65. The average molecular weight is 394 g/mol. The summed E-state index contributed by atoms with van der Waals surface area (Å²) in [5.41, 5.74) is 8.33. The van der Waals surface area contributed by atoms with Crippen LogP contribution in [0, 0.1) is 5.41 Å². The molecule has 1 amide bonds. The lowest BCUT2D eigenvalue weighted by Crippen LogP contribution is -2.48. The van der Waals surface area contributed by atoms with Crippen molar-refractivity contribution in [1.29, 1.82) is 0 Å². The van der Waals surface area contributed by atoms with Crippen LogP contribution in [0.25, 0.3) is 0 Å². The topological polar surface area (TPSA) is 90.5 Å². The highest BCUT2D eigenvalue weighted by molar-refractivity contribution is 6.03. The average Bonchev–Trinajstić information content (AvgIpc) is 3.40. The Labute approximate surface area is 169 Å². The highest BCUT2D eigenvalue weighted by Gasteiger charge is 2.45. The molecule has 152 valence electrons. The summed E-state index contributed by atoms with van der Waals surface area (Å²) in [6.45, 7) is 2.24. The molecule has 7 nitrogen and oxygen atoms in total. The van der Waals surface area contributed by atoms with Gasteiger partial charge in [-0.2, -0.15) is 5.10 Å². The minimum absolute atomic E-state index is 0.0257. The van der Waals surface area contributed by atoms with Crippen molar-refractivity contribution in [3.8, 4) is 0 Å². The summed E-state index contributed by atoms with van der Waals surface area (Å²) in [7, 11) is 0. The molecule has 0 saturated carbocycles. The van der Waals surface area contributed by atoms with Crippen LogP contribution in [0.4, 0.5) is 0 Å². The zero-order valence-corrected chi connectivity index (χ0v) is 16.4. The van der Waals surface area contributed by atoms with Gasteiger partial charge in [-0.3, -0.25) is 14.3 Å². The largest absolute Gasteiger partial charge is 0.377 e. The Balaban J connectivity index is 1.27. The zero-order chi connectivity index (χ0) is 20.0. The molecule has 3 heterocycles. The smallest absolute Gasteiger partial charge is 0.257 e. The monoisotopic (exact) mass is 394 g/mol. The van der Waals surface area contributed by atoms with Gasteiger partial charge in [0.1, 0.15) is 0 Å². The van der Waals surface area contributed by atoms with Crippen molar-refractivity contribution >= 4 is 11.7 Å². The number of carbonyl (C=O) groups is 2. The number of amides is 1. The van der Waals surface area contributed by atoms with Crippen LogP contribution < -0.4 is 5.73 Å². The Morgan fingerprint density at radius 1 is 1.17 bits per heavy atom. The highest BCUT2D eigenvalue weighted by Crippen LogP contribution is 2.43. The zero-order valence-electron chi connectivity index (χ0n) is 16.4. The van der Waals surface area contributed by atoms with E-state index in [-0.39, 0.29) is 29.2 Å². The van der Waals surface area contributed by atoms with Gasteiger partial charge in [0.25, 0.3) is 5.91 Å². The maximum absolute atomic E-state index is 13.2. The Bertz CT molecular complexity index is 945. The fourth-order valence-electron chi connectivity index (χ4n) is 4.99. The van der Waals surface area contributed by atoms with Crippen molar-refractivity contribution in [2.75, 3.05) is 26.3 Å². The number of rotatable bonds is 2. The van der Waals surface area contributed by atoms with E-state index in [9.17, 15) is 9.59 Å². The summed E-state index contributed by atoms with van der Waals surface area (Å²) in [6, 6.07) is 7.80. The van der Waals surface area contributed by atoms with Crippen LogP contribution in [-0.4, -0.2) is 58.7 Å². The van der Waals surface area contributed by atoms with Gasteiger partial charge in [-0.05, 0) is 31.2 Å². The predicted octanol–water partition coefficient (Wildman–Crippen LogP) is 1.83. The number of Topliss-reactive ketones (excluding diaryl/α,β-unsaturated/α-hetero) is 1. The normalized spacial score (nSPS) is 26.0. The first-order chi connectivity index (χ1) is 14.1. The van der Waals surface area contributed by atoms with Gasteiger partial charge in [-0.1, -0.05) is 24.3 Å². The molecule has 1 aliphatic carbocycles. The van der Waals surface area contributed by atoms with Crippen LogP contribution in [0.5, 0.6) is 0 Å². The fraction of sp³-hybridized carbons (Fsp3) is 0.500. The highest BCUT2D eigenvalue weighted by atomic mass is 16.5. The second-order valence-electron chi connectivity index (χ2n) is 8.54. The van der Waals surface area contributed by atoms with Gasteiger partial charge >= 0.3 is 0 Å². The molecule has 29 heavy (non-hydrogen) atoms. The Kier molecular flexibility index (Phi) is 4.52. The molecule has 1 aromatic heterocycles. The van der Waals surface area contributed by atoms with Crippen LogP contribution in [-0.2, 0) is 11.2 Å². The van der Waals surface area contributed by atoms with E-state index in [0.29, 0.717) is 31.9 Å². The molecule has 0 unspecified atom stereocenters. The number of nitrogens with two attached hydrogens (primary N) is 1. The van der Waals surface area contributed by atoms with E-state index in [0.717, 1.165) is 36.8 Å². The number of ketones is 1. The number of aryl methyl sites for hydroxylation is 1. The quantitative estimate of drug-likeness (QED) is 0.839. The summed E-state index contributed by atoms with van der Waals surface area (Å²) in [5.74, 6) is 0.233. The third kappa shape index (κ3) is 3.09. The van der Waals surface area contributed by atoms with Crippen molar-refractivity contribution in [3.63, 3.8) is 0 Å². The lowest BCUT2D eigenvalue weighted by Gasteiger charge is -2.43. The molecule has 2 aliphatic heterocycles. The van der Waals surface area contributed by atoms with Crippen LogP contribution in [0.1, 0.15) is 51.6 Å². The first-order valence-electron chi connectivity index (χ1n) is 10.4. The summed E-state index contributed by atoms with van der Waals surface area (Å²) in [6.07, 6.45) is 6.64. The number of ether oxygens (including phenoxy) is 1. The maximum atomic E-state index is 13.2. The van der Waals surface area contributed by atoms with Crippen LogP contribution in [0.2, 0.25) is 0 Å². The number of hydrogen-bond acceptors (Lipinski definition) is 5. The number of likely N-dealkylation sites (tertiary alicyclic amines) is 1. The van der Waals surface area contributed by atoms with E-state index in [1.165, 1.54) is 0 Å². The third-order valence-corrected chi connectivity index (χ3v) is 6.91. The van der Waals surface area contributed by atoms with Crippen molar-refractivity contribution in [2.45, 2.75) is 37.8 Å². The van der Waals surface area contributed by atoms with Gasteiger partial charge < -0.3 is 15.4 Å². The van der Waals surface area contributed by atoms with E-state index in [4.69, 9.17) is 10.5 Å². The Morgan fingerprint density at radius 2 is 1.97 bits per heavy atom. The lowest BCUT2D eigenvalue weighted by molar-refractivity contribution is 0.0457. The number of hydrogen-bond donors (Lipinski definition) is 1. The number of carbonyl (C=O) groups excluding carboxylic acids is 2. The molecule has 1 aromatic carbocycles. The molecule has 5 rings (SSSR count). The van der Waals surface area contributed by atoms with Gasteiger partial charge in [-0.25, -0.2) is 0 Å². The molecule has 2 aromatic rings. The number of benzene rings is 1. The maximum Gasteiger partial charge on any atom is 0.257 e. The second kappa shape index (κ2) is 7.07. The molecule has 2 N–H and O–H groups in total. The van der Waals surface area contributed by atoms with Crippen LogP contribution in [0.15, 0.2) is 36.7 Å². The van der Waals surface area contributed by atoms with Crippen molar-refractivity contribution in [1.82, 2.24) is 14.7 Å². The Morgan fingerprint density at radius 3 is 2.72 bits per heavy atom. The second-order valence-corrected chi connectivity index (χ2v) is 8.54. The van der Waals surface area contributed by atoms with E-state index >= 15 is 0 Å². The molecule has 0 radical (unpaired) electrons. The van der Waals surface area contributed by atoms with Gasteiger partial charge in [-0.15, -0.1) is 0 Å². The molecule has 2 fully saturated rings. The summed E-state index contributed by atoms with van der Waals surface area (Å²) < 4.78 is 7.14. The number of aromatic nitrogens is 2. The third-order valence-electron chi connectivity index (χ3n) is 6.91. The van der Waals surface area contributed by atoms with E-state index in [1.54, 1.807) is 17.1 Å². The number of piperidine rings is 1. The molecule has 1 spiro atoms. The molecule has 3 aliphatic rings. The number of fused-ring (bicyclic) bond motifs is 1. The summed E-state index contributed by atoms with van der Waals surface area (Å²) in [5, 5.41) is 4.34. The Hall–Kier alpha value is -2.51. The van der Waals surface area contributed by atoms with E-state index < -0.39 is 0 Å². The van der Waals surface area contributed by atoms with Gasteiger partial charge in [0, 0.05) is 30.3 Å².